The van der Waals surface area contributed by atoms with Crippen molar-refractivity contribution in [1.29, 1.82) is 0 Å². The number of benzene rings is 2. The van der Waals surface area contributed by atoms with E-state index in [1.165, 1.54) is 6.07 Å². The Hall–Kier alpha value is -2.89. The molecule has 0 unspecified atom stereocenters. The van der Waals surface area contributed by atoms with Crippen LogP contribution in [0.5, 0.6) is 0 Å². The van der Waals surface area contributed by atoms with Gasteiger partial charge in [0.1, 0.15) is 0 Å². The predicted molar refractivity (Wildman–Crippen MR) is 98.7 cm³/mol. The summed E-state index contributed by atoms with van der Waals surface area (Å²) in [6.07, 6.45) is 0.0285. The number of anilines is 1. The van der Waals surface area contributed by atoms with E-state index in [9.17, 15) is 14.9 Å². The van der Waals surface area contributed by atoms with Crippen molar-refractivity contribution < 1.29 is 9.72 Å². The summed E-state index contributed by atoms with van der Waals surface area (Å²) < 4.78 is 0. The highest BCUT2D eigenvalue weighted by molar-refractivity contribution is 5.80. The molecule has 0 aliphatic carbocycles. The average Bonchev–Trinajstić information content (AvgIpc) is 2.60. The third kappa shape index (κ3) is 4.79. The SMILES string of the molecule is CCN(Cc1ccc(N(C)C)cc1)C(=O)Cc1ccccc1[N+](=O)[O-]. The molecule has 0 fully saturated rings. The Labute approximate surface area is 147 Å². The molecule has 25 heavy (non-hydrogen) atoms. The molecule has 0 bridgehead atoms. The van der Waals surface area contributed by atoms with E-state index in [2.05, 4.69) is 0 Å². The molecule has 0 atom stereocenters. The van der Waals surface area contributed by atoms with Gasteiger partial charge in [-0.15, -0.1) is 0 Å². The van der Waals surface area contributed by atoms with Crippen LogP contribution in [0.3, 0.4) is 0 Å². The van der Waals surface area contributed by atoms with E-state index in [1.807, 2.05) is 50.2 Å². The summed E-state index contributed by atoms with van der Waals surface area (Å²) in [5.41, 5.74) is 2.56. The maximum atomic E-state index is 12.6. The maximum absolute atomic E-state index is 12.6. The second-order valence-corrected chi connectivity index (χ2v) is 6.03. The lowest BCUT2D eigenvalue weighted by Crippen LogP contribution is -2.31. The number of nitro groups is 1. The van der Waals surface area contributed by atoms with Crippen LogP contribution < -0.4 is 4.90 Å². The van der Waals surface area contributed by atoms with E-state index < -0.39 is 4.92 Å². The van der Waals surface area contributed by atoms with Crippen LogP contribution in [0.4, 0.5) is 11.4 Å². The minimum Gasteiger partial charge on any atom is -0.378 e. The molecule has 2 aromatic carbocycles. The monoisotopic (exact) mass is 341 g/mol. The van der Waals surface area contributed by atoms with Gasteiger partial charge in [0.2, 0.25) is 5.91 Å². The fourth-order valence-electron chi connectivity index (χ4n) is 2.61. The van der Waals surface area contributed by atoms with Crippen LogP contribution in [0, 0.1) is 10.1 Å². The Balaban J connectivity index is 2.10. The first-order chi connectivity index (χ1) is 11.9. The molecule has 0 saturated carbocycles. The molecule has 0 heterocycles. The maximum Gasteiger partial charge on any atom is 0.273 e. The largest absolute Gasteiger partial charge is 0.378 e. The van der Waals surface area contributed by atoms with Crippen molar-refractivity contribution in [2.45, 2.75) is 19.9 Å². The van der Waals surface area contributed by atoms with E-state index in [0.29, 0.717) is 18.7 Å². The van der Waals surface area contributed by atoms with Gasteiger partial charge in [0.15, 0.2) is 0 Å². The van der Waals surface area contributed by atoms with Gasteiger partial charge in [-0.2, -0.15) is 0 Å². The number of likely N-dealkylation sites (N-methyl/N-ethyl adjacent to an activating group) is 1. The Kier molecular flexibility index (Phi) is 6.11. The van der Waals surface area contributed by atoms with Gasteiger partial charge in [0.25, 0.3) is 5.69 Å². The number of carbonyl (C=O) groups is 1. The standard InChI is InChI=1S/C19H23N3O3/c1-4-21(14-15-9-11-17(12-10-15)20(2)3)19(23)13-16-7-5-6-8-18(16)22(24)25/h5-12H,4,13-14H2,1-3H3. The second-order valence-electron chi connectivity index (χ2n) is 6.03. The fraction of sp³-hybridized carbons (Fsp3) is 0.316. The average molecular weight is 341 g/mol. The van der Waals surface area contributed by atoms with E-state index in [-0.39, 0.29) is 18.0 Å². The zero-order valence-electron chi connectivity index (χ0n) is 14.8. The molecule has 0 saturated heterocycles. The molecule has 6 heteroatoms. The van der Waals surface area contributed by atoms with Crippen molar-refractivity contribution in [3.63, 3.8) is 0 Å². The summed E-state index contributed by atoms with van der Waals surface area (Å²) in [7, 11) is 3.95. The van der Waals surface area contributed by atoms with Crippen molar-refractivity contribution in [2.75, 3.05) is 25.5 Å². The van der Waals surface area contributed by atoms with Gasteiger partial charge >= 0.3 is 0 Å². The number of hydrogen-bond donors (Lipinski definition) is 0. The molecule has 1 amide bonds. The van der Waals surface area contributed by atoms with Gasteiger partial charge in [-0.3, -0.25) is 14.9 Å². The van der Waals surface area contributed by atoms with Gasteiger partial charge in [-0.05, 0) is 24.6 Å². The summed E-state index contributed by atoms with van der Waals surface area (Å²) in [6, 6.07) is 14.4. The Morgan fingerprint density at radius 1 is 1.08 bits per heavy atom. The zero-order chi connectivity index (χ0) is 18.4. The number of hydrogen-bond acceptors (Lipinski definition) is 4. The highest BCUT2D eigenvalue weighted by Crippen LogP contribution is 2.20. The highest BCUT2D eigenvalue weighted by atomic mass is 16.6. The highest BCUT2D eigenvalue weighted by Gasteiger charge is 2.19. The molecule has 0 aliphatic heterocycles. The van der Waals surface area contributed by atoms with Crippen LogP contribution in [0.1, 0.15) is 18.1 Å². The molecule has 0 N–H and O–H groups in total. The van der Waals surface area contributed by atoms with Gasteiger partial charge in [-0.25, -0.2) is 0 Å². The van der Waals surface area contributed by atoms with Crippen LogP contribution in [-0.4, -0.2) is 36.4 Å². The molecule has 6 nitrogen and oxygen atoms in total. The van der Waals surface area contributed by atoms with Crippen LogP contribution in [0.15, 0.2) is 48.5 Å². The summed E-state index contributed by atoms with van der Waals surface area (Å²) >= 11 is 0. The minimum absolute atomic E-state index is 0.0118. The Morgan fingerprint density at radius 2 is 1.72 bits per heavy atom. The quantitative estimate of drug-likeness (QED) is 0.573. The molecule has 0 aromatic heterocycles. The lowest BCUT2D eigenvalue weighted by atomic mass is 10.1. The van der Waals surface area contributed by atoms with Crippen molar-refractivity contribution >= 4 is 17.3 Å². The predicted octanol–water partition coefficient (Wildman–Crippen LogP) is 3.25. The van der Waals surface area contributed by atoms with Crippen LogP contribution in [0.2, 0.25) is 0 Å². The van der Waals surface area contributed by atoms with Gasteiger partial charge in [0.05, 0.1) is 11.3 Å². The molecular weight excluding hydrogens is 318 g/mol. The number of para-hydroxylation sites is 1. The first-order valence-corrected chi connectivity index (χ1v) is 8.18. The fourth-order valence-corrected chi connectivity index (χ4v) is 2.61. The molecule has 132 valence electrons. The van der Waals surface area contributed by atoms with E-state index in [1.54, 1.807) is 23.1 Å². The third-order valence-electron chi connectivity index (χ3n) is 4.09. The number of nitro benzene ring substituents is 1. The topological polar surface area (TPSA) is 66.7 Å². The van der Waals surface area contributed by atoms with Gasteiger partial charge < -0.3 is 9.80 Å². The van der Waals surface area contributed by atoms with E-state index >= 15 is 0 Å². The number of nitrogens with zero attached hydrogens (tertiary/aromatic N) is 3. The lowest BCUT2D eigenvalue weighted by Gasteiger charge is -2.21. The molecular formula is C19H23N3O3. The Bertz CT molecular complexity index is 742. The van der Waals surface area contributed by atoms with E-state index in [0.717, 1.165) is 11.3 Å². The second kappa shape index (κ2) is 8.28. The van der Waals surface area contributed by atoms with Gasteiger partial charge in [0, 0.05) is 44.5 Å². The van der Waals surface area contributed by atoms with E-state index in [4.69, 9.17) is 0 Å². The van der Waals surface area contributed by atoms with Gasteiger partial charge in [-0.1, -0.05) is 30.3 Å². The summed E-state index contributed by atoms with van der Waals surface area (Å²) in [5, 5.41) is 11.1. The van der Waals surface area contributed by atoms with Crippen molar-refractivity contribution in [3.05, 3.63) is 69.8 Å². The van der Waals surface area contributed by atoms with Crippen LogP contribution in [0.25, 0.3) is 0 Å². The number of amides is 1. The normalized spacial score (nSPS) is 10.4. The minimum atomic E-state index is -0.446. The molecule has 0 radical (unpaired) electrons. The number of carbonyl (C=O) groups excluding carboxylic acids is 1. The first kappa shape index (κ1) is 18.4. The summed E-state index contributed by atoms with van der Waals surface area (Å²) in [5.74, 6) is -0.117. The molecule has 2 rings (SSSR count). The third-order valence-corrected chi connectivity index (χ3v) is 4.09. The number of rotatable bonds is 7. The zero-order valence-corrected chi connectivity index (χ0v) is 14.8. The summed E-state index contributed by atoms with van der Waals surface area (Å²) in [6.45, 7) is 2.95. The van der Waals surface area contributed by atoms with Crippen molar-refractivity contribution in [1.82, 2.24) is 4.90 Å². The van der Waals surface area contributed by atoms with Crippen molar-refractivity contribution in [2.24, 2.45) is 0 Å². The van der Waals surface area contributed by atoms with Crippen LogP contribution in [-0.2, 0) is 17.8 Å². The lowest BCUT2D eigenvalue weighted by molar-refractivity contribution is -0.385. The molecule has 0 spiro atoms. The first-order valence-electron chi connectivity index (χ1n) is 8.18. The smallest absolute Gasteiger partial charge is 0.273 e. The van der Waals surface area contributed by atoms with Crippen LogP contribution >= 0.6 is 0 Å². The summed E-state index contributed by atoms with van der Waals surface area (Å²) in [4.78, 5) is 27.0. The van der Waals surface area contributed by atoms with Crippen molar-refractivity contribution in [3.8, 4) is 0 Å². The Morgan fingerprint density at radius 3 is 2.28 bits per heavy atom. The molecule has 0 aliphatic rings. The molecule has 2 aromatic rings.